The lowest BCUT2D eigenvalue weighted by atomic mass is 10.0. The number of hydrogen-bond donors (Lipinski definition) is 2. The summed E-state index contributed by atoms with van der Waals surface area (Å²) in [4.78, 5) is 13.8. The second-order valence-corrected chi connectivity index (χ2v) is 8.09. The maximum absolute atomic E-state index is 14.9. The molecule has 1 amide bonds. The Labute approximate surface area is 196 Å². The van der Waals surface area contributed by atoms with Gasteiger partial charge in [-0.1, -0.05) is 29.5 Å². The zero-order valence-corrected chi connectivity index (χ0v) is 18.7. The number of aryl methyl sites for hydroxylation is 1. The Kier molecular flexibility index (Phi) is 7.81. The third-order valence-corrected chi connectivity index (χ3v) is 5.74. The topological polar surface area (TPSA) is 92.5 Å². The summed E-state index contributed by atoms with van der Waals surface area (Å²) in [6.45, 7) is 1.46. The third-order valence-electron chi connectivity index (χ3n) is 5.74. The van der Waals surface area contributed by atoms with Gasteiger partial charge in [-0.05, 0) is 42.3 Å². The molecule has 8 nitrogen and oxygen atoms in total. The molecule has 2 heterocycles. The molecule has 1 aliphatic heterocycles. The van der Waals surface area contributed by atoms with Gasteiger partial charge >= 0.3 is 6.09 Å². The van der Waals surface area contributed by atoms with E-state index in [2.05, 4.69) is 15.6 Å². The van der Waals surface area contributed by atoms with E-state index in [9.17, 15) is 18.7 Å². The first-order chi connectivity index (χ1) is 16.6. The molecule has 10 heteroatoms. The Morgan fingerprint density at radius 3 is 2.76 bits per heavy atom. The standard InChI is InChI=1S/C24H27F2N5O3/c25-9-1-10-27-13-17-2-4-18(5-3-17)22-7-6-19(12-23(22)26)30-15-21(34-24(30)33)8-11-31-20(16-32)14-28-29-31/h2-7,12,14,21,27,32H,1,8-11,13,15-16H2. The minimum Gasteiger partial charge on any atom is -0.444 e. The van der Waals surface area contributed by atoms with E-state index in [1.54, 1.807) is 16.8 Å². The summed E-state index contributed by atoms with van der Waals surface area (Å²) in [5, 5.41) is 20.1. The van der Waals surface area contributed by atoms with Crippen molar-refractivity contribution in [3.05, 3.63) is 65.7 Å². The van der Waals surface area contributed by atoms with Gasteiger partial charge in [-0.15, -0.1) is 5.10 Å². The van der Waals surface area contributed by atoms with Crippen LogP contribution in [-0.2, 0) is 24.4 Å². The number of nitrogens with one attached hydrogen (secondary N) is 1. The van der Waals surface area contributed by atoms with Crippen LogP contribution in [0.3, 0.4) is 0 Å². The Morgan fingerprint density at radius 1 is 1.21 bits per heavy atom. The number of anilines is 1. The number of amides is 1. The SMILES string of the molecule is O=C1OC(CCn2nncc2CO)CN1c1ccc(-c2ccc(CNCCCF)cc2)c(F)c1. The number of aliphatic hydroxyl groups excluding tert-OH is 1. The first-order valence-electron chi connectivity index (χ1n) is 11.2. The average molecular weight is 472 g/mol. The van der Waals surface area contributed by atoms with Crippen LogP contribution >= 0.6 is 0 Å². The minimum absolute atomic E-state index is 0.171. The zero-order chi connectivity index (χ0) is 23.9. The fourth-order valence-corrected chi connectivity index (χ4v) is 3.87. The summed E-state index contributed by atoms with van der Waals surface area (Å²) in [5.74, 6) is -0.433. The van der Waals surface area contributed by atoms with Crippen molar-refractivity contribution in [2.45, 2.75) is 38.6 Å². The molecule has 1 saturated heterocycles. The summed E-state index contributed by atoms with van der Waals surface area (Å²) < 4.78 is 34.1. The summed E-state index contributed by atoms with van der Waals surface area (Å²) in [6.07, 6.45) is 1.55. The number of carbonyl (C=O) groups excluding carboxylic acids is 1. The number of halogens is 2. The van der Waals surface area contributed by atoms with Crippen molar-refractivity contribution in [3.8, 4) is 11.1 Å². The molecule has 3 aromatic rings. The number of ether oxygens (including phenoxy) is 1. The molecule has 0 aliphatic carbocycles. The van der Waals surface area contributed by atoms with Crippen LogP contribution in [0.4, 0.5) is 19.3 Å². The molecule has 0 saturated carbocycles. The molecule has 4 rings (SSSR count). The van der Waals surface area contributed by atoms with Gasteiger partial charge in [0.15, 0.2) is 0 Å². The quantitative estimate of drug-likeness (QED) is 0.416. The lowest BCUT2D eigenvalue weighted by molar-refractivity contribution is 0.132. The molecular formula is C24H27F2N5O3. The number of carbonyl (C=O) groups is 1. The Bertz CT molecular complexity index is 1110. The van der Waals surface area contributed by atoms with Crippen molar-refractivity contribution in [1.82, 2.24) is 20.3 Å². The lowest BCUT2D eigenvalue weighted by Gasteiger charge is -2.15. The highest BCUT2D eigenvalue weighted by molar-refractivity contribution is 5.90. The molecule has 2 N–H and O–H groups in total. The number of cyclic esters (lactones) is 1. The summed E-state index contributed by atoms with van der Waals surface area (Å²) in [7, 11) is 0. The predicted molar refractivity (Wildman–Crippen MR) is 122 cm³/mol. The van der Waals surface area contributed by atoms with Crippen molar-refractivity contribution < 1.29 is 23.4 Å². The summed E-state index contributed by atoms with van der Waals surface area (Å²) >= 11 is 0. The maximum atomic E-state index is 14.9. The molecule has 1 unspecified atom stereocenters. The molecule has 34 heavy (non-hydrogen) atoms. The van der Waals surface area contributed by atoms with E-state index in [0.29, 0.717) is 56.0 Å². The number of aliphatic hydroxyl groups is 1. The second-order valence-electron chi connectivity index (χ2n) is 8.09. The molecule has 2 aromatic carbocycles. The van der Waals surface area contributed by atoms with Crippen LogP contribution in [0.15, 0.2) is 48.7 Å². The molecular weight excluding hydrogens is 444 g/mol. The van der Waals surface area contributed by atoms with Crippen molar-refractivity contribution >= 4 is 11.8 Å². The van der Waals surface area contributed by atoms with E-state index in [1.807, 2.05) is 24.3 Å². The molecule has 1 fully saturated rings. The molecule has 1 atom stereocenters. The van der Waals surface area contributed by atoms with Crippen molar-refractivity contribution in [2.75, 3.05) is 24.7 Å². The third kappa shape index (κ3) is 5.57. The molecule has 1 aromatic heterocycles. The highest BCUT2D eigenvalue weighted by Crippen LogP contribution is 2.30. The fraction of sp³-hybridized carbons (Fsp3) is 0.375. The number of hydrogen-bond acceptors (Lipinski definition) is 6. The first-order valence-corrected chi connectivity index (χ1v) is 11.2. The summed E-state index contributed by atoms with van der Waals surface area (Å²) in [6, 6.07) is 12.2. The van der Waals surface area contributed by atoms with Crippen LogP contribution in [0, 0.1) is 5.82 Å². The van der Waals surface area contributed by atoms with E-state index >= 15 is 0 Å². The van der Waals surface area contributed by atoms with Crippen LogP contribution in [-0.4, -0.2) is 52.1 Å². The highest BCUT2D eigenvalue weighted by Gasteiger charge is 2.32. The van der Waals surface area contributed by atoms with Crippen molar-refractivity contribution in [2.24, 2.45) is 0 Å². The minimum atomic E-state index is -0.525. The molecule has 0 radical (unpaired) electrons. The highest BCUT2D eigenvalue weighted by atomic mass is 19.1. The van der Waals surface area contributed by atoms with Crippen LogP contribution in [0.5, 0.6) is 0 Å². The monoisotopic (exact) mass is 471 g/mol. The van der Waals surface area contributed by atoms with Gasteiger partial charge in [0.05, 0.1) is 37.4 Å². The van der Waals surface area contributed by atoms with Crippen LogP contribution in [0.25, 0.3) is 11.1 Å². The predicted octanol–water partition coefficient (Wildman–Crippen LogP) is 3.44. The number of benzene rings is 2. The number of rotatable bonds is 11. The largest absolute Gasteiger partial charge is 0.444 e. The zero-order valence-electron chi connectivity index (χ0n) is 18.7. The van der Waals surface area contributed by atoms with Crippen LogP contribution in [0.1, 0.15) is 24.1 Å². The summed E-state index contributed by atoms with van der Waals surface area (Å²) in [5.41, 5.74) is 3.21. The number of alkyl halides is 1. The second kappa shape index (κ2) is 11.2. The van der Waals surface area contributed by atoms with Gasteiger partial charge in [-0.25, -0.2) is 13.9 Å². The Hall–Kier alpha value is -3.37. The smallest absolute Gasteiger partial charge is 0.414 e. The normalized spacial score (nSPS) is 15.7. The van der Waals surface area contributed by atoms with Gasteiger partial charge in [0.1, 0.15) is 11.9 Å². The van der Waals surface area contributed by atoms with E-state index < -0.39 is 11.9 Å². The Balaban J connectivity index is 1.37. The van der Waals surface area contributed by atoms with Gasteiger partial charge in [-0.3, -0.25) is 9.29 Å². The van der Waals surface area contributed by atoms with E-state index in [4.69, 9.17) is 4.74 Å². The molecule has 0 bridgehead atoms. The van der Waals surface area contributed by atoms with E-state index in [0.717, 1.165) is 11.1 Å². The average Bonchev–Trinajstić information content (AvgIpc) is 3.46. The van der Waals surface area contributed by atoms with Crippen molar-refractivity contribution in [1.29, 1.82) is 0 Å². The van der Waals surface area contributed by atoms with Crippen LogP contribution in [0.2, 0.25) is 0 Å². The Morgan fingerprint density at radius 2 is 2.03 bits per heavy atom. The van der Waals surface area contributed by atoms with Crippen LogP contribution < -0.4 is 10.2 Å². The maximum Gasteiger partial charge on any atom is 0.414 e. The van der Waals surface area contributed by atoms with Gasteiger partial charge in [-0.2, -0.15) is 0 Å². The number of nitrogens with zero attached hydrogens (tertiary/aromatic N) is 4. The van der Waals surface area contributed by atoms with Gasteiger partial charge < -0.3 is 15.2 Å². The van der Waals surface area contributed by atoms with Crippen molar-refractivity contribution in [3.63, 3.8) is 0 Å². The van der Waals surface area contributed by atoms with Gasteiger partial charge in [0.25, 0.3) is 0 Å². The van der Waals surface area contributed by atoms with E-state index in [-0.39, 0.29) is 19.4 Å². The number of aromatic nitrogens is 3. The first kappa shape index (κ1) is 23.8. The van der Waals surface area contributed by atoms with E-state index in [1.165, 1.54) is 17.2 Å². The molecule has 1 aliphatic rings. The fourth-order valence-electron chi connectivity index (χ4n) is 3.87. The van der Waals surface area contributed by atoms with Gasteiger partial charge in [0.2, 0.25) is 0 Å². The lowest BCUT2D eigenvalue weighted by Crippen LogP contribution is -2.25. The molecule has 0 spiro atoms. The van der Waals surface area contributed by atoms with Gasteiger partial charge in [0, 0.05) is 25.1 Å². The molecule has 180 valence electrons.